The topological polar surface area (TPSA) is 125 Å². The zero-order valence-corrected chi connectivity index (χ0v) is 9.61. The van der Waals surface area contributed by atoms with E-state index in [9.17, 15) is 19.8 Å². The number of hydrogen-bond acceptors (Lipinski definition) is 6. The Kier molecular flexibility index (Phi) is 3.35. The van der Waals surface area contributed by atoms with E-state index in [-0.39, 0.29) is 5.56 Å². The van der Waals surface area contributed by atoms with Gasteiger partial charge in [-0.2, -0.15) is 0 Å². The van der Waals surface area contributed by atoms with Gasteiger partial charge in [-0.1, -0.05) is 0 Å². The predicted molar refractivity (Wildman–Crippen MR) is 59.1 cm³/mol. The summed E-state index contributed by atoms with van der Waals surface area (Å²) in [6.07, 6.45) is -3.52. The summed E-state index contributed by atoms with van der Waals surface area (Å²) in [6, 6.07) is 0. The molecule has 0 amide bonds. The molecule has 2 rings (SSSR count). The number of aliphatic hydroxyl groups is 3. The van der Waals surface area contributed by atoms with Gasteiger partial charge < -0.3 is 20.1 Å². The van der Waals surface area contributed by atoms with Crippen molar-refractivity contribution in [2.24, 2.45) is 0 Å². The van der Waals surface area contributed by atoms with E-state index in [0.29, 0.717) is 0 Å². The number of H-pyrrole nitrogens is 1. The summed E-state index contributed by atoms with van der Waals surface area (Å²) in [4.78, 5) is 24.9. The number of hydrogen-bond donors (Lipinski definition) is 4. The summed E-state index contributed by atoms with van der Waals surface area (Å²) in [5.41, 5.74) is -1.00. The van der Waals surface area contributed by atoms with Gasteiger partial charge in [0.2, 0.25) is 0 Å². The van der Waals surface area contributed by atoms with Crippen LogP contribution >= 0.6 is 0 Å². The second-order valence-corrected chi connectivity index (χ2v) is 4.21. The average molecular weight is 258 g/mol. The molecule has 0 aliphatic carbocycles. The average Bonchev–Trinajstić information content (AvgIpc) is 2.61. The van der Waals surface area contributed by atoms with E-state index in [2.05, 4.69) is 4.98 Å². The van der Waals surface area contributed by atoms with Crippen molar-refractivity contribution >= 4 is 0 Å². The summed E-state index contributed by atoms with van der Waals surface area (Å²) in [6.45, 7) is 1.02. The minimum Gasteiger partial charge on any atom is -0.394 e. The van der Waals surface area contributed by atoms with Crippen molar-refractivity contribution in [1.29, 1.82) is 0 Å². The van der Waals surface area contributed by atoms with E-state index >= 15 is 0 Å². The Morgan fingerprint density at radius 1 is 1.39 bits per heavy atom. The number of nitrogens with one attached hydrogen (secondary N) is 1. The van der Waals surface area contributed by atoms with Crippen LogP contribution in [-0.4, -0.2) is 49.8 Å². The van der Waals surface area contributed by atoms with E-state index in [1.54, 1.807) is 0 Å². The molecule has 0 radical (unpaired) electrons. The summed E-state index contributed by atoms with van der Waals surface area (Å²) in [5.74, 6) is 0. The Balaban J connectivity index is 2.42. The van der Waals surface area contributed by atoms with Crippen molar-refractivity contribution in [3.63, 3.8) is 0 Å². The van der Waals surface area contributed by atoms with Crippen LogP contribution in [0.25, 0.3) is 0 Å². The lowest BCUT2D eigenvalue weighted by molar-refractivity contribution is -0.0551. The lowest BCUT2D eigenvalue weighted by Gasteiger charge is -2.17. The first-order valence-electron chi connectivity index (χ1n) is 5.40. The van der Waals surface area contributed by atoms with Gasteiger partial charge in [-0.25, -0.2) is 4.79 Å². The molecule has 1 aromatic heterocycles. The van der Waals surface area contributed by atoms with Gasteiger partial charge >= 0.3 is 5.69 Å². The molecule has 1 saturated heterocycles. The standard InChI is InChI=1S/C10H14N2O6/c1-4-2-12(10(17)11-8(4)16)9-7(15)6(14)5(3-13)18-9/h2,5-7,9,13-15H,3H2,1H3,(H,11,16,17)/t5-,6-,7+,9?/m0/s1. The van der Waals surface area contributed by atoms with Crippen LogP contribution in [0.3, 0.4) is 0 Å². The normalized spacial score (nSPS) is 31.8. The molecule has 8 heteroatoms. The Morgan fingerprint density at radius 3 is 2.61 bits per heavy atom. The molecule has 0 saturated carbocycles. The van der Waals surface area contributed by atoms with Crippen molar-refractivity contribution < 1.29 is 20.1 Å². The van der Waals surface area contributed by atoms with Crippen LogP contribution in [0.4, 0.5) is 0 Å². The third-order valence-electron chi connectivity index (χ3n) is 2.94. The summed E-state index contributed by atoms with van der Waals surface area (Å²) < 4.78 is 6.17. The first-order valence-corrected chi connectivity index (χ1v) is 5.40. The number of rotatable bonds is 2. The van der Waals surface area contributed by atoms with Crippen LogP contribution < -0.4 is 11.2 Å². The number of nitrogens with zero attached hydrogens (tertiary/aromatic N) is 1. The molecule has 1 aliphatic heterocycles. The van der Waals surface area contributed by atoms with Gasteiger partial charge in [0.25, 0.3) is 5.56 Å². The van der Waals surface area contributed by atoms with Gasteiger partial charge in [-0.15, -0.1) is 0 Å². The molecule has 4 N–H and O–H groups in total. The van der Waals surface area contributed by atoms with Gasteiger partial charge in [0, 0.05) is 11.8 Å². The fourth-order valence-electron chi connectivity index (χ4n) is 1.88. The summed E-state index contributed by atoms with van der Waals surface area (Å²) in [5, 5.41) is 28.3. The van der Waals surface area contributed by atoms with Crippen LogP contribution in [0.15, 0.2) is 15.8 Å². The minimum absolute atomic E-state index is 0.271. The molecule has 0 spiro atoms. The maximum absolute atomic E-state index is 11.6. The van der Waals surface area contributed by atoms with Gasteiger partial charge in [-0.3, -0.25) is 14.3 Å². The third-order valence-corrected chi connectivity index (χ3v) is 2.94. The highest BCUT2D eigenvalue weighted by Crippen LogP contribution is 2.27. The zero-order chi connectivity index (χ0) is 13.4. The van der Waals surface area contributed by atoms with Crippen LogP contribution in [0.5, 0.6) is 0 Å². The molecule has 100 valence electrons. The summed E-state index contributed by atoms with van der Waals surface area (Å²) in [7, 11) is 0. The van der Waals surface area contributed by atoms with Gasteiger partial charge in [0.15, 0.2) is 6.23 Å². The first-order chi connectivity index (χ1) is 8.45. The monoisotopic (exact) mass is 258 g/mol. The van der Waals surface area contributed by atoms with Crippen molar-refractivity contribution in [1.82, 2.24) is 9.55 Å². The molecule has 1 aliphatic rings. The number of aromatic amines is 1. The van der Waals surface area contributed by atoms with Gasteiger partial charge in [0.05, 0.1) is 6.61 Å². The fourth-order valence-corrected chi connectivity index (χ4v) is 1.88. The van der Waals surface area contributed by atoms with Crippen molar-refractivity contribution in [2.45, 2.75) is 31.5 Å². The smallest absolute Gasteiger partial charge is 0.330 e. The molecule has 0 bridgehead atoms. The molecular weight excluding hydrogens is 244 g/mol. The molecule has 18 heavy (non-hydrogen) atoms. The quantitative estimate of drug-likeness (QED) is 0.463. The SMILES string of the molecule is Cc1cn(C2O[C@@H](CO)[C@H](O)[C@H]2O)c(=O)[nH]c1=O. The highest BCUT2D eigenvalue weighted by molar-refractivity contribution is 5.03. The molecule has 8 nitrogen and oxygen atoms in total. The van der Waals surface area contributed by atoms with Gasteiger partial charge in [-0.05, 0) is 6.92 Å². The highest BCUT2D eigenvalue weighted by Gasteiger charge is 2.43. The van der Waals surface area contributed by atoms with E-state index in [4.69, 9.17) is 9.84 Å². The molecule has 1 unspecified atom stereocenters. The first kappa shape index (κ1) is 13.0. The Hall–Kier alpha value is -1.48. The Morgan fingerprint density at radius 2 is 2.06 bits per heavy atom. The lowest BCUT2D eigenvalue weighted by Crippen LogP contribution is -2.38. The van der Waals surface area contributed by atoms with Gasteiger partial charge in [0.1, 0.15) is 18.3 Å². The number of aryl methyl sites for hydroxylation is 1. The van der Waals surface area contributed by atoms with Crippen molar-refractivity contribution in [3.8, 4) is 0 Å². The number of ether oxygens (including phenoxy) is 1. The van der Waals surface area contributed by atoms with E-state index in [1.807, 2.05) is 0 Å². The molecule has 4 atom stereocenters. The zero-order valence-electron chi connectivity index (χ0n) is 9.61. The van der Waals surface area contributed by atoms with E-state index in [1.165, 1.54) is 13.1 Å². The van der Waals surface area contributed by atoms with Crippen LogP contribution in [0.1, 0.15) is 11.8 Å². The van der Waals surface area contributed by atoms with Crippen LogP contribution in [0.2, 0.25) is 0 Å². The van der Waals surface area contributed by atoms with Crippen LogP contribution in [0, 0.1) is 6.92 Å². The Bertz CT molecular complexity index is 550. The Labute approximate surface area is 101 Å². The molecule has 2 heterocycles. The van der Waals surface area contributed by atoms with E-state index in [0.717, 1.165) is 4.57 Å². The van der Waals surface area contributed by atoms with Crippen molar-refractivity contribution in [2.75, 3.05) is 6.61 Å². The number of aromatic nitrogens is 2. The van der Waals surface area contributed by atoms with Crippen molar-refractivity contribution in [3.05, 3.63) is 32.6 Å². The summed E-state index contributed by atoms with van der Waals surface area (Å²) >= 11 is 0. The maximum atomic E-state index is 11.6. The molecule has 1 aromatic rings. The molecule has 1 fully saturated rings. The largest absolute Gasteiger partial charge is 0.394 e. The molecule has 0 aromatic carbocycles. The number of aliphatic hydroxyl groups excluding tert-OH is 3. The fraction of sp³-hybridized carbons (Fsp3) is 0.600. The van der Waals surface area contributed by atoms with E-state index < -0.39 is 42.4 Å². The second-order valence-electron chi connectivity index (χ2n) is 4.21. The lowest BCUT2D eigenvalue weighted by atomic mass is 10.1. The highest BCUT2D eigenvalue weighted by atomic mass is 16.6. The molecular formula is C10H14N2O6. The maximum Gasteiger partial charge on any atom is 0.330 e. The predicted octanol–water partition coefficient (Wildman–Crippen LogP) is -2.54. The third kappa shape index (κ3) is 1.99. The van der Waals surface area contributed by atoms with Crippen LogP contribution in [-0.2, 0) is 4.74 Å². The second kappa shape index (κ2) is 4.65. The minimum atomic E-state index is -1.36.